The topological polar surface area (TPSA) is 117 Å². The van der Waals surface area contributed by atoms with E-state index in [0.29, 0.717) is 22.7 Å². The summed E-state index contributed by atoms with van der Waals surface area (Å²) >= 11 is 0. The number of nitrogens with zero attached hydrogens (tertiary/aromatic N) is 1. The predicted molar refractivity (Wildman–Crippen MR) is 93.1 cm³/mol. The van der Waals surface area contributed by atoms with E-state index in [-0.39, 0.29) is 29.3 Å². The van der Waals surface area contributed by atoms with Gasteiger partial charge in [-0.3, -0.25) is 14.9 Å². The number of hydrogen-bond acceptors (Lipinski definition) is 5. The molecule has 8 nitrogen and oxygen atoms in total. The Bertz CT molecular complexity index is 911. The van der Waals surface area contributed by atoms with Gasteiger partial charge in [-0.15, -0.1) is 0 Å². The summed E-state index contributed by atoms with van der Waals surface area (Å²) in [6.07, 6.45) is 6.08. The van der Waals surface area contributed by atoms with E-state index in [0.717, 1.165) is 0 Å². The highest BCUT2D eigenvalue weighted by Gasteiger charge is 2.31. The van der Waals surface area contributed by atoms with Gasteiger partial charge >= 0.3 is 0 Å². The lowest BCUT2D eigenvalue weighted by Gasteiger charge is -2.06. The Labute approximate surface area is 142 Å². The average Bonchev–Trinajstić information content (AvgIpc) is 3.17. The maximum Gasteiger partial charge on any atom is 0.277 e. The van der Waals surface area contributed by atoms with Crippen LogP contribution in [0.2, 0.25) is 0 Å². The van der Waals surface area contributed by atoms with Crippen molar-refractivity contribution in [2.75, 3.05) is 19.0 Å². The largest absolute Gasteiger partial charge is 0.495 e. The SMILES string of the molecule is COc1cc[nH]c1/C=C1\C(=O)Nc2ccc([N+](=O)[O-])c(/C=C/CO)c21. The third-order valence-electron chi connectivity index (χ3n) is 3.82. The second kappa shape index (κ2) is 6.62. The van der Waals surface area contributed by atoms with Crippen LogP contribution in [0.4, 0.5) is 11.4 Å². The van der Waals surface area contributed by atoms with E-state index in [4.69, 9.17) is 9.84 Å². The number of nitro benzene ring substituents is 1. The van der Waals surface area contributed by atoms with Crippen LogP contribution in [-0.4, -0.2) is 34.6 Å². The zero-order valence-electron chi connectivity index (χ0n) is 13.3. The van der Waals surface area contributed by atoms with Crippen molar-refractivity contribution in [2.24, 2.45) is 0 Å². The van der Waals surface area contributed by atoms with Gasteiger partial charge in [0.2, 0.25) is 0 Å². The number of H-pyrrole nitrogens is 1. The molecule has 0 unspecified atom stereocenters. The molecule has 2 heterocycles. The van der Waals surface area contributed by atoms with Crippen molar-refractivity contribution in [1.29, 1.82) is 0 Å². The molecule has 0 radical (unpaired) electrons. The van der Waals surface area contributed by atoms with E-state index in [2.05, 4.69) is 10.3 Å². The molecule has 0 aliphatic carbocycles. The first-order valence-corrected chi connectivity index (χ1v) is 7.40. The third kappa shape index (κ3) is 2.90. The van der Waals surface area contributed by atoms with Crippen LogP contribution in [0, 0.1) is 10.1 Å². The fraction of sp³-hybridized carbons (Fsp3) is 0.118. The molecular formula is C17H15N3O5. The van der Waals surface area contributed by atoms with Crippen molar-refractivity contribution in [3.8, 4) is 5.75 Å². The molecule has 0 atom stereocenters. The normalized spacial score (nSPS) is 14.8. The highest BCUT2D eigenvalue weighted by molar-refractivity contribution is 6.35. The van der Waals surface area contributed by atoms with Crippen molar-refractivity contribution >= 4 is 35.0 Å². The number of fused-ring (bicyclic) bond motifs is 1. The summed E-state index contributed by atoms with van der Waals surface area (Å²) in [5.41, 5.74) is 1.85. The molecule has 3 rings (SSSR count). The number of aliphatic hydroxyl groups excluding tert-OH is 1. The van der Waals surface area contributed by atoms with Crippen LogP contribution in [-0.2, 0) is 4.79 Å². The quantitative estimate of drug-likeness (QED) is 0.438. The van der Waals surface area contributed by atoms with Crippen molar-refractivity contribution in [2.45, 2.75) is 0 Å². The molecule has 0 spiro atoms. The minimum Gasteiger partial charge on any atom is -0.495 e. The molecule has 25 heavy (non-hydrogen) atoms. The molecule has 2 aromatic rings. The Balaban J connectivity index is 2.24. The first-order chi connectivity index (χ1) is 12.1. The molecule has 1 aromatic carbocycles. The molecule has 1 aliphatic rings. The molecule has 1 amide bonds. The van der Waals surface area contributed by atoms with Gasteiger partial charge in [0, 0.05) is 17.8 Å². The van der Waals surface area contributed by atoms with Crippen molar-refractivity contribution in [3.05, 3.63) is 57.4 Å². The maximum absolute atomic E-state index is 12.4. The van der Waals surface area contributed by atoms with E-state index in [1.165, 1.54) is 31.4 Å². The van der Waals surface area contributed by atoms with E-state index < -0.39 is 4.92 Å². The summed E-state index contributed by atoms with van der Waals surface area (Å²) in [7, 11) is 1.51. The number of benzene rings is 1. The smallest absolute Gasteiger partial charge is 0.277 e. The van der Waals surface area contributed by atoms with Crippen LogP contribution in [0.25, 0.3) is 17.7 Å². The maximum atomic E-state index is 12.4. The number of methoxy groups -OCH3 is 1. The molecular weight excluding hydrogens is 326 g/mol. The first-order valence-electron chi connectivity index (χ1n) is 7.40. The number of amides is 1. The van der Waals surface area contributed by atoms with Crippen molar-refractivity contribution < 1.29 is 19.6 Å². The summed E-state index contributed by atoms with van der Waals surface area (Å²) in [6.45, 7) is -0.272. The van der Waals surface area contributed by atoms with Crippen LogP contribution < -0.4 is 10.1 Å². The number of ether oxygens (including phenoxy) is 1. The van der Waals surface area contributed by atoms with Gasteiger partial charge in [-0.2, -0.15) is 0 Å². The fourth-order valence-corrected chi connectivity index (χ4v) is 2.75. The van der Waals surface area contributed by atoms with Crippen LogP contribution in [0.1, 0.15) is 16.8 Å². The average molecular weight is 341 g/mol. The van der Waals surface area contributed by atoms with Gasteiger partial charge in [-0.1, -0.05) is 6.08 Å². The zero-order chi connectivity index (χ0) is 18.0. The number of aromatic amines is 1. The molecule has 0 saturated carbocycles. The molecule has 128 valence electrons. The monoisotopic (exact) mass is 341 g/mol. The summed E-state index contributed by atoms with van der Waals surface area (Å²) in [6, 6.07) is 4.53. The summed E-state index contributed by atoms with van der Waals surface area (Å²) in [5, 5.41) is 23.1. The Kier molecular flexibility index (Phi) is 4.36. The number of hydrogen-bond donors (Lipinski definition) is 3. The Hall–Kier alpha value is -3.39. The summed E-state index contributed by atoms with van der Waals surface area (Å²) in [4.78, 5) is 26.2. The van der Waals surface area contributed by atoms with E-state index >= 15 is 0 Å². The van der Waals surface area contributed by atoms with Crippen LogP contribution >= 0.6 is 0 Å². The minimum absolute atomic E-state index is 0.149. The van der Waals surface area contributed by atoms with Crippen LogP contribution in [0.15, 0.2) is 30.5 Å². The summed E-state index contributed by atoms with van der Waals surface area (Å²) < 4.78 is 5.21. The summed E-state index contributed by atoms with van der Waals surface area (Å²) in [5.74, 6) is 0.178. The van der Waals surface area contributed by atoms with Crippen LogP contribution in [0.3, 0.4) is 0 Å². The first kappa shape index (κ1) is 16.5. The van der Waals surface area contributed by atoms with Gasteiger partial charge in [-0.25, -0.2) is 0 Å². The van der Waals surface area contributed by atoms with Gasteiger partial charge in [-0.05, 0) is 24.3 Å². The van der Waals surface area contributed by atoms with Gasteiger partial charge in [0.15, 0.2) is 0 Å². The Morgan fingerprint density at radius 1 is 1.36 bits per heavy atom. The third-order valence-corrected chi connectivity index (χ3v) is 3.82. The van der Waals surface area contributed by atoms with Gasteiger partial charge in [0.25, 0.3) is 11.6 Å². The molecule has 0 saturated heterocycles. The van der Waals surface area contributed by atoms with E-state index in [1.807, 2.05) is 0 Å². The number of nitrogens with one attached hydrogen (secondary N) is 2. The number of carbonyl (C=O) groups excluding carboxylic acids is 1. The van der Waals surface area contributed by atoms with Crippen molar-refractivity contribution in [1.82, 2.24) is 4.98 Å². The predicted octanol–water partition coefficient (Wildman–Crippen LogP) is 2.43. The fourth-order valence-electron chi connectivity index (χ4n) is 2.75. The number of nitro groups is 1. The Morgan fingerprint density at radius 2 is 2.16 bits per heavy atom. The number of rotatable bonds is 5. The lowest BCUT2D eigenvalue weighted by molar-refractivity contribution is -0.385. The van der Waals surface area contributed by atoms with E-state index in [1.54, 1.807) is 18.3 Å². The lowest BCUT2D eigenvalue weighted by Crippen LogP contribution is -2.03. The molecule has 8 heteroatoms. The number of aliphatic hydroxyl groups is 1. The highest BCUT2D eigenvalue weighted by Crippen LogP contribution is 2.41. The van der Waals surface area contributed by atoms with Gasteiger partial charge in [0.1, 0.15) is 5.75 Å². The van der Waals surface area contributed by atoms with Crippen LogP contribution in [0.5, 0.6) is 5.75 Å². The molecule has 3 N–H and O–H groups in total. The molecule has 0 fully saturated rings. The van der Waals surface area contributed by atoms with Gasteiger partial charge in [0.05, 0.1) is 41.2 Å². The standard InChI is InChI=1S/C17H15N3O5/c1-25-15-6-7-18-13(15)9-11-16-10(3-2-8-21)14(20(23)24)5-4-12(16)19-17(11)22/h2-7,9,18,21H,8H2,1H3,(H,19,22)/b3-2+,11-9-. The van der Waals surface area contributed by atoms with E-state index in [9.17, 15) is 14.9 Å². The van der Waals surface area contributed by atoms with Crippen molar-refractivity contribution in [3.63, 3.8) is 0 Å². The lowest BCUT2D eigenvalue weighted by atomic mass is 9.97. The Morgan fingerprint density at radius 3 is 2.84 bits per heavy atom. The number of carbonyl (C=O) groups is 1. The highest BCUT2D eigenvalue weighted by atomic mass is 16.6. The second-order valence-corrected chi connectivity index (χ2v) is 5.23. The number of anilines is 1. The van der Waals surface area contributed by atoms with Gasteiger partial charge < -0.3 is 20.1 Å². The second-order valence-electron chi connectivity index (χ2n) is 5.23. The molecule has 1 aromatic heterocycles. The minimum atomic E-state index is -0.521. The molecule has 0 bridgehead atoms. The molecule has 1 aliphatic heterocycles. The number of aromatic nitrogens is 1. The zero-order valence-corrected chi connectivity index (χ0v) is 13.3.